The standard InChI is InChI=1S/C9H11N5/c1-6-4-11-14(5-6)8-3-7(2)12-9(10)13-8/h3-5H,1-2H3,(H2,10,12,13). The molecule has 0 aromatic carbocycles. The molecule has 0 atom stereocenters. The van der Waals surface area contributed by atoms with Gasteiger partial charge in [-0.25, -0.2) is 9.67 Å². The number of rotatable bonds is 1. The largest absolute Gasteiger partial charge is 0.368 e. The van der Waals surface area contributed by atoms with Crippen molar-refractivity contribution in [3.8, 4) is 5.82 Å². The Morgan fingerprint density at radius 2 is 2.07 bits per heavy atom. The number of anilines is 1. The van der Waals surface area contributed by atoms with Crippen molar-refractivity contribution in [2.24, 2.45) is 0 Å². The van der Waals surface area contributed by atoms with Crippen molar-refractivity contribution in [1.82, 2.24) is 19.7 Å². The molecule has 0 radical (unpaired) electrons. The van der Waals surface area contributed by atoms with Crippen LogP contribution in [0, 0.1) is 13.8 Å². The van der Waals surface area contributed by atoms with E-state index < -0.39 is 0 Å². The minimum atomic E-state index is 0.271. The Hall–Kier alpha value is -1.91. The lowest BCUT2D eigenvalue weighted by atomic mass is 10.4. The summed E-state index contributed by atoms with van der Waals surface area (Å²) < 4.78 is 1.68. The molecule has 0 aliphatic heterocycles. The van der Waals surface area contributed by atoms with Crippen LogP contribution in [0.4, 0.5) is 5.95 Å². The molecule has 0 aliphatic carbocycles. The van der Waals surface area contributed by atoms with Crippen LogP contribution in [0.3, 0.4) is 0 Å². The molecule has 2 rings (SSSR count). The van der Waals surface area contributed by atoms with Crippen molar-refractivity contribution in [3.05, 3.63) is 29.7 Å². The highest BCUT2D eigenvalue weighted by molar-refractivity contribution is 5.31. The van der Waals surface area contributed by atoms with E-state index >= 15 is 0 Å². The summed E-state index contributed by atoms with van der Waals surface area (Å²) >= 11 is 0. The van der Waals surface area contributed by atoms with Gasteiger partial charge in [-0.15, -0.1) is 0 Å². The molecule has 2 heterocycles. The van der Waals surface area contributed by atoms with E-state index in [2.05, 4.69) is 15.1 Å². The normalized spacial score (nSPS) is 10.4. The summed E-state index contributed by atoms with van der Waals surface area (Å²) in [6, 6.07) is 1.84. The number of aryl methyl sites for hydroxylation is 2. The summed E-state index contributed by atoms with van der Waals surface area (Å²) in [5.41, 5.74) is 7.46. The second-order valence-corrected chi connectivity index (χ2v) is 3.19. The first-order valence-corrected chi connectivity index (χ1v) is 4.28. The first kappa shape index (κ1) is 8.68. The van der Waals surface area contributed by atoms with E-state index in [0.29, 0.717) is 5.82 Å². The molecule has 0 bridgehead atoms. The number of nitrogens with two attached hydrogens (primary N) is 1. The van der Waals surface area contributed by atoms with Crippen molar-refractivity contribution in [2.75, 3.05) is 5.73 Å². The van der Waals surface area contributed by atoms with Crippen LogP contribution in [-0.4, -0.2) is 19.7 Å². The van der Waals surface area contributed by atoms with Crippen LogP contribution in [0.2, 0.25) is 0 Å². The number of hydrogen-bond acceptors (Lipinski definition) is 4. The zero-order valence-corrected chi connectivity index (χ0v) is 8.10. The molecule has 0 fully saturated rings. The van der Waals surface area contributed by atoms with Crippen LogP contribution in [0.15, 0.2) is 18.5 Å². The molecule has 0 amide bonds. The summed E-state index contributed by atoms with van der Waals surface area (Å²) in [7, 11) is 0. The number of nitrogens with zero attached hydrogens (tertiary/aromatic N) is 4. The molecule has 0 unspecified atom stereocenters. The van der Waals surface area contributed by atoms with E-state index in [1.165, 1.54) is 0 Å². The van der Waals surface area contributed by atoms with Crippen molar-refractivity contribution in [3.63, 3.8) is 0 Å². The second kappa shape index (κ2) is 3.10. The monoisotopic (exact) mass is 189 g/mol. The molecule has 5 nitrogen and oxygen atoms in total. The van der Waals surface area contributed by atoms with Crippen LogP contribution >= 0.6 is 0 Å². The van der Waals surface area contributed by atoms with Gasteiger partial charge >= 0.3 is 0 Å². The van der Waals surface area contributed by atoms with Gasteiger partial charge in [-0.05, 0) is 19.4 Å². The van der Waals surface area contributed by atoms with Gasteiger partial charge < -0.3 is 5.73 Å². The Bertz CT molecular complexity index is 440. The van der Waals surface area contributed by atoms with E-state index in [4.69, 9.17) is 5.73 Å². The number of nitrogen functional groups attached to an aromatic ring is 1. The number of hydrogen-bond donors (Lipinski definition) is 1. The average molecular weight is 189 g/mol. The summed E-state index contributed by atoms with van der Waals surface area (Å²) in [5, 5.41) is 4.14. The summed E-state index contributed by atoms with van der Waals surface area (Å²) in [6.45, 7) is 3.85. The Balaban J connectivity index is 2.51. The van der Waals surface area contributed by atoms with E-state index in [0.717, 1.165) is 11.3 Å². The third kappa shape index (κ3) is 1.56. The van der Waals surface area contributed by atoms with Gasteiger partial charge in [0.05, 0.1) is 6.20 Å². The molecule has 0 aliphatic rings. The number of aromatic nitrogens is 4. The van der Waals surface area contributed by atoms with Crippen LogP contribution in [-0.2, 0) is 0 Å². The maximum Gasteiger partial charge on any atom is 0.222 e. The van der Waals surface area contributed by atoms with E-state index in [-0.39, 0.29) is 5.95 Å². The molecule has 72 valence electrons. The molecule has 14 heavy (non-hydrogen) atoms. The minimum Gasteiger partial charge on any atom is -0.368 e. The molecule has 5 heteroatoms. The SMILES string of the molecule is Cc1cnn(-c2cc(C)nc(N)n2)c1. The molecule has 2 aromatic heterocycles. The third-order valence-corrected chi connectivity index (χ3v) is 1.80. The van der Waals surface area contributed by atoms with Crippen LogP contribution in [0.5, 0.6) is 0 Å². The molecule has 2 aromatic rings. The Morgan fingerprint density at radius 1 is 1.29 bits per heavy atom. The summed E-state index contributed by atoms with van der Waals surface area (Å²) in [6.07, 6.45) is 3.66. The van der Waals surface area contributed by atoms with E-state index in [9.17, 15) is 0 Å². The molecule has 0 saturated heterocycles. The fourth-order valence-electron chi connectivity index (χ4n) is 1.23. The zero-order chi connectivity index (χ0) is 10.1. The third-order valence-electron chi connectivity index (χ3n) is 1.80. The quantitative estimate of drug-likeness (QED) is 0.722. The minimum absolute atomic E-state index is 0.271. The van der Waals surface area contributed by atoms with Gasteiger partial charge in [0.2, 0.25) is 5.95 Å². The van der Waals surface area contributed by atoms with Gasteiger partial charge in [0.15, 0.2) is 5.82 Å². The summed E-state index contributed by atoms with van der Waals surface area (Å²) in [5.74, 6) is 0.969. The van der Waals surface area contributed by atoms with Crippen LogP contribution in [0.1, 0.15) is 11.3 Å². The highest BCUT2D eigenvalue weighted by Crippen LogP contribution is 2.07. The highest BCUT2D eigenvalue weighted by Gasteiger charge is 2.02. The Labute approximate surface area is 81.6 Å². The zero-order valence-electron chi connectivity index (χ0n) is 8.10. The smallest absolute Gasteiger partial charge is 0.222 e. The fourth-order valence-corrected chi connectivity index (χ4v) is 1.23. The first-order chi connectivity index (χ1) is 6.65. The van der Waals surface area contributed by atoms with E-state index in [1.54, 1.807) is 10.9 Å². The molecule has 2 N–H and O–H groups in total. The Morgan fingerprint density at radius 3 is 2.64 bits per heavy atom. The molecule has 0 saturated carbocycles. The van der Waals surface area contributed by atoms with E-state index in [1.807, 2.05) is 26.1 Å². The molecular weight excluding hydrogens is 178 g/mol. The fraction of sp³-hybridized carbons (Fsp3) is 0.222. The van der Waals surface area contributed by atoms with Gasteiger partial charge in [0.1, 0.15) is 0 Å². The molecule has 0 spiro atoms. The predicted molar refractivity (Wildman–Crippen MR) is 53.0 cm³/mol. The second-order valence-electron chi connectivity index (χ2n) is 3.19. The van der Waals surface area contributed by atoms with Gasteiger partial charge in [0, 0.05) is 18.0 Å². The maximum absolute atomic E-state index is 5.54. The first-order valence-electron chi connectivity index (χ1n) is 4.28. The summed E-state index contributed by atoms with van der Waals surface area (Å²) in [4.78, 5) is 8.08. The van der Waals surface area contributed by atoms with Gasteiger partial charge in [-0.1, -0.05) is 0 Å². The molecular formula is C9H11N5. The van der Waals surface area contributed by atoms with Crippen LogP contribution < -0.4 is 5.73 Å². The maximum atomic E-state index is 5.54. The Kier molecular flexibility index (Phi) is 1.92. The lowest BCUT2D eigenvalue weighted by molar-refractivity contribution is 0.838. The van der Waals surface area contributed by atoms with Gasteiger partial charge in [-0.2, -0.15) is 10.1 Å². The van der Waals surface area contributed by atoms with Crippen molar-refractivity contribution >= 4 is 5.95 Å². The lowest BCUT2D eigenvalue weighted by Gasteiger charge is -2.01. The topological polar surface area (TPSA) is 69.6 Å². The van der Waals surface area contributed by atoms with Crippen LogP contribution in [0.25, 0.3) is 5.82 Å². The predicted octanol–water partition coefficient (Wildman–Crippen LogP) is 0.861. The van der Waals surface area contributed by atoms with Crippen molar-refractivity contribution in [2.45, 2.75) is 13.8 Å². The average Bonchev–Trinajstić information content (AvgIpc) is 2.50. The van der Waals surface area contributed by atoms with Gasteiger partial charge in [-0.3, -0.25) is 0 Å². The van der Waals surface area contributed by atoms with Crippen molar-refractivity contribution < 1.29 is 0 Å². The lowest BCUT2D eigenvalue weighted by Crippen LogP contribution is -2.04. The highest BCUT2D eigenvalue weighted by atomic mass is 15.3. The van der Waals surface area contributed by atoms with Crippen molar-refractivity contribution in [1.29, 1.82) is 0 Å². The van der Waals surface area contributed by atoms with Gasteiger partial charge in [0.25, 0.3) is 0 Å².